The van der Waals surface area contributed by atoms with E-state index in [4.69, 9.17) is 9.84 Å². The molecular formula is C23H25FN2O5. The lowest BCUT2D eigenvalue weighted by Crippen LogP contribution is -2.44. The van der Waals surface area contributed by atoms with Crippen molar-refractivity contribution in [1.29, 1.82) is 0 Å². The highest BCUT2D eigenvalue weighted by molar-refractivity contribution is 6.00. The maximum absolute atomic E-state index is 14.7. The number of hydrogen-bond donors (Lipinski definition) is 2. The highest BCUT2D eigenvalue weighted by atomic mass is 19.1. The molecule has 164 valence electrons. The molecule has 8 heteroatoms. The Morgan fingerprint density at radius 3 is 2.42 bits per heavy atom. The smallest absolute Gasteiger partial charge is 0.322 e. The van der Waals surface area contributed by atoms with Gasteiger partial charge in [0.1, 0.15) is 24.6 Å². The number of para-hydroxylation sites is 1. The van der Waals surface area contributed by atoms with Crippen molar-refractivity contribution in [1.82, 2.24) is 5.32 Å². The molecule has 1 aliphatic heterocycles. The first kappa shape index (κ1) is 22.4. The van der Waals surface area contributed by atoms with E-state index in [0.717, 1.165) is 0 Å². The highest BCUT2D eigenvalue weighted by Gasteiger charge is 2.38. The zero-order valence-electron chi connectivity index (χ0n) is 17.4. The summed E-state index contributed by atoms with van der Waals surface area (Å²) in [4.78, 5) is 38.0. The molecule has 0 saturated heterocycles. The fourth-order valence-electron chi connectivity index (χ4n) is 3.58. The van der Waals surface area contributed by atoms with Crippen LogP contribution in [0.25, 0.3) is 0 Å². The second-order valence-corrected chi connectivity index (χ2v) is 7.80. The average molecular weight is 428 g/mol. The minimum atomic E-state index is -1.20. The summed E-state index contributed by atoms with van der Waals surface area (Å²) >= 11 is 0. The van der Waals surface area contributed by atoms with Gasteiger partial charge in [0.2, 0.25) is 5.91 Å². The molecule has 1 heterocycles. The van der Waals surface area contributed by atoms with E-state index in [9.17, 15) is 18.8 Å². The number of anilines is 1. The maximum atomic E-state index is 14.7. The van der Waals surface area contributed by atoms with Crippen LogP contribution in [0.5, 0.6) is 0 Å². The highest BCUT2D eigenvalue weighted by Crippen LogP contribution is 2.39. The molecular weight excluding hydrogens is 403 g/mol. The number of aliphatic carboxylic acids is 1. The van der Waals surface area contributed by atoms with E-state index in [0.29, 0.717) is 17.8 Å². The van der Waals surface area contributed by atoms with Crippen molar-refractivity contribution in [2.24, 2.45) is 5.92 Å². The number of fused-ring (bicyclic) bond motifs is 1. The van der Waals surface area contributed by atoms with Gasteiger partial charge in [0, 0.05) is 23.4 Å². The largest absolute Gasteiger partial charge is 0.480 e. The zero-order valence-corrected chi connectivity index (χ0v) is 17.4. The van der Waals surface area contributed by atoms with Crippen LogP contribution in [0.2, 0.25) is 0 Å². The Hall–Kier alpha value is -3.26. The van der Waals surface area contributed by atoms with Crippen LogP contribution in [-0.4, -0.2) is 42.1 Å². The van der Waals surface area contributed by atoms with E-state index in [-0.39, 0.29) is 17.9 Å². The molecule has 0 spiro atoms. The summed E-state index contributed by atoms with van der Waals surface area (Å²) in [6.45, 7) is 3.75. The quantitative estimate of drug-likeness (QED) is 0.707. The summed E-state index contributed by atoms with van der Waals surface area (Å²) in [5, 5.41) is 11.0. The third-order valence-electron chi connectivity index (χ3n) is 4.89. The average Bonchev–Trinajstić information content (AvgIpc) is 2.83. The molecule has 0 saturated carbocycles. The fraction of sp³-hybridized carbons (Fsp3) is 0.348. The first-order valence-electron chi connectivity index (χ1n) is 10.1. The van der Waals surface area contributed by atoms with Gasteiger partial charge in [-0.05, 0) is 18.1 Å². The zero-order chi connectivity index (χ0) is 22.5. The van der Waals surface area contributed by atoms with Crippen LogP contribution in [0.15, 0.2) is 48.5 Å². The monoisotopic (exact) mass is 428 g/mol. The van der Waals surface area contributed by atoms with Crippen LogP contribution in [0, 0.1) is 11.7 Å². The van der Waals surface area contributed by atoms with Crippen molar-refractivity contribution in [2.75, 3.05) is 18.0 Å². The Kier molecular flexibility index (Phi) is 7.02. The first-order chi connectivity index (χ1) is 14.8. The topological polar surface area (TPSA) is 95.9 Å². The molecule has 1 aliphatic rings. The number of benzene rings is 2. The van der Waals surface area contributed by atoms with Gasteiger partial charge in [0.15, 0.2) is 0 Å². The lowest BCUT2D eigenvalue weighted by molar-refractivity contribution is -0.140. The number of carbonyl (C=O) groups excluding carboxylic acids is 2. The second-order valence-electron chi connectivity index (χ2n) is 7.80. The van der Waals surface area contributed by atoms with Gasteiger partial charge in [0.05, 0.1) is 6.42 Å². The van der Waals surface area contributed by atoms with Gasteiger partial charge in [-0.2, -0.15) is 0 Å². The van der Waals surface area contributed by atoms with Crippen molar-refractivity contribution in [3.05, 3.63) is 65.5 Å². The fourth-order valence-corrected chi connectivity index (χ4v) is 3.58. The van der Waals surface area contributed by atoms with E-state index in [2.05, 4.69) is 5.32 Å². The molecule has 2 aromatic rings. The predicted molar refractivity (Wildman–Crippen MR) is 112 cm³/mol. The van der Waals surface area contributed by atoms with Crippen LogP contribution in [-0.2, 0) is 19.1 Å². The summed E-state index contributed by atoms with van der Waals surface area (Å²) in [5.41, 5.74) is 1.48. The molecule has 3 rings (SSSR count). The molecule has 2 unspecified atom stereocenters. The van der Waals surface area contributed by atoms with E-state index >= 15 is 0 Å². The normalized spacial score (nSPS) is 18.5. The van der Waals surface area contributed by atoms with E-state index < -0.39 is 42.4 Å². The summed E-state index contributed by atoms with van der Waals surface area (Å²) in [6, 6.07) is 13.3. The predicted octanol–water partition coefficient (Wildman–Crippen LogP) is 2.89. The molecule has 31 heavy (non-hydrogen) atoms. The van der Waals surface area contributed by atoms with E-state index in [1.807, 2.05) is 13.8 Å². The summed E-state index contributed by atoms with van der Waals surface area (Å²) in [7, 11) is 0. The van der Waals surface area contributed by atoms with Crippen LogP contribution < -0.4 is 10.2 Å². The Morgan fingerprint density at radius 1 is 1.13 bits per heavy atom. The molecule has 0 fully saturated rings. The number of carboxylic acids is 1. The van der Waals surface area contributed by atoms with Crippen molar-refractivity contribution in [2.45, 2.75) is 32.5 Å². The first-order valence-corrected chi connectivity index (χ1v) is 10.1. The van der Waals surface area contributed by atoms with Crippen molar-refractivity contribution in [3.8, 4) is 0 Å². The Morgan fingerprint density at radius 2 is 1.77 bits per heavy atom. The number of carbonyl (C=O) groups is 3. The lowest BCUT2D eigenvalue weighted by Gasteiger charge is -2.26. The van der Waals surface area contributed by atoms with Crippen molar-refractivity contribution in [3.63, 3.8) is 0 Å². The van der Waals surface area contributed by atoms with Gasteiger partial charge in [-0.3, -0.25) is 14.4 Å². The molecule has 2 amide bonds. The molecule has 2 aromatic carbocycles. The third-order valence-corrected chi connectivity index (χ3v) is 4.89. The Balaban J connectivity index is 2.04. The standard InChI is InChI=1S/C23H25FN2O5/c1-14(2)13-26-18-10-6-4-8-16(18)22(15-7-3-5-9-17(15)24)31-19(23(26)30)11-20(27)25-12-21(28)29/h3-10,14,19,22H,11-13H2,1-2H3,(H,25,27)(H,28,29). The number of rotatable bonds is 7. The van der Waals surface area contributed by atoms with E-state index in [1.54, 1.807) is 47.4 Å². The molecule has 0 bridgehead atoms. The number of amides is 2. The van der Waals surface area contributed by atoms with Gasteiger partial charge in [-0.25, -0.2) is 4.39 Å². The lowest BCUT2D eigenvalue weighted by atomic mass is 9.98. The van der Waals surface area contributed by atoms with Gasteiger partial charge in [-0.15, -0.1) is 0 Å². The van der Waals surface area contributed by atoms with Gasteiger partial charge in [0.25, 0.3) is 5.91 Å². The number of halogens is 1. The number of carboxylic acid groups (broad SMARTS) is 1. The van der Waals surface area contributed by atoms with Gasteiger partial charge < -0.3 is 20.1 Å². The minimum absolute atomic E-state index is 0.128. The summed E-state index contributed by atoms with van der Waals surface area (Å²) in [6.07, 6.45) is -2.49. The molecule has 0 aromatic heterocycles. The second kappa shape index (κ2) is 9.70. The van der Waals surface area contributed by atoms with Crippen LogP contribution in [0.3, 0.4) is 0 Å². The number of nitrogens with one attached hydrogen (secondary N) is 1. The van der Waals surface area contributed by atoms with Crippen molar-refractivity contribution < 1.29 is 28.6 Å². The molecule has 7 nitrogen and oxygen atoms in total. The molecule has 2 N–H and O–H groups in total. The maximum Gasteiger partial charge on any atom is 0.322 e. The molecule has 0 radical (unpaired) electrons. The summed E-state index contributed by atoms with van der Waals surface area (Å²) < 4.78 is 20.7. The van der Waals surface area contributed by atoms with Crippen LogP contribution >= 0.6 is 0 Å². The number of nitrogens with zero attached hydrogens (tertiary/aromatic N) is 1. The third kappa shape index (κ3) is 5.27. The Bertz CT molecular complexity index is 978. The minimum Gasteiger partial charge on any atom is -0.480 e. The van der Waals surface area contributed by atoms with Crippen molar-refractivity contribution >= 4 is 23.5 Å². The van der Waals surface area contributed by atoms with Crippen LogP contribution in [0.1, 0.15) is 37.5 Å². The number of hydrogen-bond acceptors (Lipinski definition) is 4. The number of ether oxygens (including phenoxy) is 1. The van der Waals surface area contributed by atoms with Gasteiger partial charge in [-0.1, -0.05) is 50.2 Å². The van der Waals surface area contributed by atoms with E-state index in [1.165, 1.54) is 6.07 Å². The molecule has 2 atom stereocenters. The summed E-state index contributed by atoms with van der Waals surface area (Å²) in [5.74, 6) is -2.61. The Labute approximate surface area is 179 Å². The van der Waals surface area contributed by atoms with Gasteiger partial charge >= 0.3 is 5.97 Å². The van der Waals surface area contributed by atoms with Crippen LogP contribution in [0.4, 0.5) is 10.1 Å². The SMILES string of the molecule is CC(C)CN1C(=O)C(CC(=O)NCC(=O)O)OC(c2ccccc2F)c2ccccc21. The molecule has 0 aliphatic carbocycles.